The smallest absolute Gasteiger partial charge is 0.262 e. The number of para-hydroxylation sites is 1. The van der Waals surface area contributed by atoms with Crippen LogP contribution in [0.5, 0.6) is 0 Å². The summed E-state index contributed by atoms with van der Waals surface area (Å²) in [6.45, 7) is 1.45. The summed E-state index contributed by atoms with van der Waals surface area (Å²) < 4.78 is 1.38. The molecule has 9 heteroatoms. The van der Waals surface area contributed by atoms with Gasteiger partial charge in [-0.2, -0.15) is 5.10 Å². The summed E-state index contributed by atoms with van der Waals surface area (Å²) in [6.07, 6.45) is -3.62. The summed E-state index contributed by atoms with van der Waals surface area (Å²) in [6, 6.07) is 6.89. The SMILES string of the molecule is CCn1c(N/N=C/[C@H](O)[C@@H](O)[C@H](O)CO)nc2ccccc2c1=O. The van der Waals surface area contributed by atoms with Crippen LogP contribution in [-0.4, -0.2) is 61.1 Å². The van der Waals surface area contributed by atoms with E-state index in [2.05, 4.69) is 15.5 Å². The van der Waals surface area contributed by atoms with Crippen LogP contribution in [-0.2, 0) is 6.54 Å². The Labute approximate surface area is 137 Å². The largest absolute Gasteiger partial charge is 0.394 e. The van der Waals surface area contributed by atoms with Gasteiger partial charge in [-0.1, -0.05) is 12.1 Å². The lowest BCUT2D eigenvalue weighted by atomic mass is 10.1. The van der Waals surface area contributed by atoms with E-state index in [1.165, 1.54) is 4.57 Å². The van der Waals surface area contributed by atoms with Gasteiger partial charge in [-0.05, 0) is 19.1 Å². The fourth-order valence-electron chi connectivity index (χ4n) is 2.14. The molecule has 0 radical (unpaired) electrons. The monoisotopic (exact) mass is 336 g/mol. The van der Waals surface area contributed by atoms with Crippen molar-refractivity contribution in [3.05, 3.63) is 34.6 Å². The second-order valence-electron chi connectivity index (χ2n) is 5.12. The lowest BCUT2D eigenvalue weighted by Crippen LogP contribution is -2.40. The van der Waals surface area contributed by atoms with Crippen molar-refractivity contribution in [1.82, 2.24) is 9.55 Å². The lowest BCUT2D eigenvalue weighted by molar-refractivity contribution is -0.0541. The third-order valence-corrected chi connectivity index (χ3v) is 3.50. The highest BCUT2D eigenvalue weighted by Gasteiger charge is 2.22. The van der Waals surface area contributed by atoms with Crippen LogP contribution in [0.3, 0.4) is 0 Å². The first-order valence-corrected chi connectivity index (χ1v) is 7.43. The normalized spacial score (nSPS) is 15.5. The zero-order valence-corrected chi connectivity index (χ0v) is 13.1. The van der Waals surface area contributed by atoms with E-state index in [1.807, 2.05) is 0 Å². The molecule has 9 nitrogen and oxygen atoms in total. The second-order valence-corrected chi connectivity index (χ2v) is 5.12. The quantitative estimate of drug-likeness (QED) is 0.319. The summed E-state index contributed by atoms with van der Waals surface area (Å²) in [5, 5.41) is 41.4. The molecular formula is C15H20N4O5. The number of aliphatic hydroxyl groups excluding tert-OH is 4. The number of anilines is 1. The molecule has 24 heavy (non-hydrogen) atoms. The molecule has 0 aliphatic rings. The summed E-state index contributed by atoms with van der Waals surface area (Å²) >= 11 is 0. The number of hydrogen-bond acceptors (Lipinski definition) is 8. The number of aromatic nitrogens is 2. The minimum absolute atomic E-state index is 0.182. The Morgan fingerprint density at radius 1 is 1.33 bits per heavy atom. The van der Waals surface area contributed by atoms with E-state index in [4.69, 9.17) is 5.11 Å². The molecule has 130 valence electrons. The first-order chi connectivity index (χ1) is 11.5. The van der Waals surface area contributed by atoms with Crippen molar-refractivity contribution < 1.29 is 20.4 Å². The molecule has 3 atom stereocenters. The Morgan fingerprint density at radius 2 is 2.04 bits per heavy atom. The van der Waals surface area contributed by atoms with Gasteiger partial charge in [0.2, 0.25) is 5.95 Å². The molecular weight excluding hydrogens is 316 g/mol. The minimum Gasteiger partial charge on any atom is -0.394 e. The number of hydrazone groups is 1. The molecule has 5 N–H and O–H groups in total. The van der Waals surface area contributed by atoms with E-state index >= 15 is 0 Å². The van der Waals surface area contributed by atoms with Gasteiger partial charge in [0.1, 0.15) is 18.3 Å². The molecule has 0 fully saturated rings. The summed E-state index contributed by atoms with van der Waals surface area (Å²) in [5.74, 6) is 0.182. The van der Waals surface area contributed by atoms with Crippen LogP contribution in [0.15, 0.2) is 34.2 Å². The van der Waals surface area contributed by atoms with Crippen LogP contribution >= 0.6 is 0 Å². The van der Waals surface area contributed by atoms with E-state index in [1.54, 1.807) is 31.2 Å². The molecule has 1 aromatic carbocycles. The molecule has 0 unspecified atom stereocenters. The predicted octanol–water partition coefficient (Wildman–Crippen LogP) is -1.11. The van der Waals surface area contributed by atoms with Gasteiger partial charge >= 0.3 is 0 Å². The fraction of sp³-hybridized carbons (Fsp3) is 0.400. The predicted molar refractivity (Wildman–Crippen MR) is 88.9 cm³/mol. The van der Waals surface area contributed by atoms with Crippen LogP contribution in [0.25, 0.3) is 10.9 Å². The van der Waals surface area contributed by atoms with E-state index in [0.29, 0.717) is 17.4 Å². The Bertz CT molecular complexity index is 776. The molecule has 0 amide bonds. The van der Waals surface area contributed by atoms with E-state index in [9.17, 15) is 20.1 Å². The number of nitrogens with one attached hydrogen (secondary N) is 1. The van der Waals surface area contributed by atoms with Gasteiger partial charge in [-0.3, -0.25) is 9.36 Å². The standard InChI is InChI=1S/C15H20N4O5/c1-2-19-14(24)9-5-3-4-6-10(9)17-15(19)18-16-7-11(21)13(23)12(22)8-20/h3-7,11-13,20-23H,2,8H2,1H3,(H,17,18)/b16-7+/t11-,12+,13+/m0/s1. The first kappa shape index (κ1) is 18.0. The van der Waals surface area contributed by atoms with Gasteiger partial charge < -0.3 is 20.4 Å². The second kappa shape index (κ2) is 7.97. The van der Waals surface area contributed by atoms with Gasteiger partial charge in [-0.25, -0.2) is 10.4 Å². The number of benzene rings is 1. The van der Waals surface area contributed by atoms with E-state index in [-0.39, 0.29) is 11.5 Å². The maximum absolute atomic E-state index is 12.4. The lowest BCUT2D eigenvalue weighted by Gasteiger charge is -2.18. The highest BCUT2D eigenvalue weighted by atomic mass is 16.4. The van der Waals surface area contributed by atoms with Crippen LogP contribution in [0.4, 0.5) is 5.95 Å². The number of hydrogen-bond donors (Lipinski definition) is 5. The van der Waals surface area contributed by atoms with Crippen molar-refractivity contribution in [1.29, 1.82) is 0 Å². The highest BCUT2D eigenvalue weighted by molar-refractivity contribution is 5.78. The van der Waals surface area contributed by atoms with E-state index in [0.717, 1.165) is 6.21 Å². The molecule has 0 saturated heterocycles. The minimum atomic E-state index is -1.58. The molecule has 0 aliphatic carbocycles. The molecule has 2 rings (SSSR count). The van der Waals surface area contributed by atoms with Crippen molar-refractivity contribution in [2.75, 3.05) is 12.0 Å². The third kappa shape index (κ3) is 3.77. The number of fused-ring (bicyclic) bond motifs is 1. The summed E-state index contributed by atoms with van der Waals surface area (Å²) in [4.78, 5) is 16.7. The Hall–Kier alpha value is -2.33. The highest BCUT2D eigenvalue weighted by Crippen LogP contribution is 2.11. The summed E-state index contributed by atoms with van der Waals surface area (Å²) in [5.41, 5.74) is 2.82. The fourth-order valence-corrected chi connectivity index (χ4v) is 2.14. The number of aliphatic hydroxyl groups is 4. The summed E-state index contributed by atoms with van der Waals surface area (Å²) in [7, 11) is 0. The van der Waals surface area contributed by atoms with Crippen LogP contribution in [0, 0.1) is 0 Å². The third-order valence-electron chi connectivity index (χ3n) is 3.50. The zero-order valence-electron chi connectivity index (χ0n) is 13.1. The van der Waals surface area contributed by atoms with Crippen LogP contribution in [0.1, 0.15) is 6.92 Å². The number of rotatable bonds is 7. The average Bonchev–Trinajstić information content (AvgIpc) is 2.60. The topological polar surface area (TPSA) is 140 Å². The van der Waals surface area contributed by atoms with Crippen LogP contribution < -0.4 is 11.0 Å². The van der Waals surface area contributed by atoms with Crippen molar-refractivity contribution in [2.24, 2.45) is 5.10 Å². The molecule has 1 heterocycles. The van der Waals surface area contributed by atoms with Crippen molar-refractivity contribution >= 4 is 23.1 Å². The maximum atomic E-state index is 12.4. The molecule has 0 saturated carbocycles. The molecule has 0 spiro atoms. The molecule has 0 aliphatic heterocycles. The van der Waals surface area contributed by atoms with Crippen molar-refractivity contribution in [3.63, 3.8) is 0 Å². The molecule has 2 aromatic rings. The van der Waals surface area contributed by atoms with Gasteiger partial charge in [0.25, 0.3) is 5.56 Å². The Kier molecular flexibility index (Phi) is 5.99. The maximum Gasteiger partial charge on any atom is 0.262 e. The Morgan fingerprint density at radius 3 is 2.71 bits per heavy atom. The first-order valence-electron chi connectivity index (χ1n) is 7.43. The van der Waals surface area contributed by atoms with E-state index < -0.39 is 24.9 Å². The van der Waals surface area contributed by atoms with Crippen molar-refractivity contribution in [3.8, 4) is 0 Å². The zero-order chi connectivity index (χ0) is 17.7. The van der Waals surface area contributed by atoms with Gasteiger partial charge in [0.05, 0.1) is 23.7 Å². The average molecular weight is 336 g/mol. The van der Waals surface area contributed by atoms with Gasteiger partial charge in [0.15, 0.2) is 0 Å². The van der Waals surface area contributed by atoms with Crippen molar-refractivity contribution in [2.45, 2.75) is 31.8 Å². The van der Waals surface area contributed by atoms with Gasteiger partial charge in [-0.15, -0.1) is 0 Å². The van der Waals surface area contributed by atoms with Crippen LogP contribution in [0.2, 0.25) is 0 Å². The van der Waals surface area contributed by atoms with Gasteiger partial charge in [0, 0.05) is 6.54 Å². The Balaban J connectivity index is 2.24. The molecule has 1 aromatic heterocycles. The molecule has 0 bridgehead atoms. The number of nitrogens with zero attached hydrogens (tertiary/aromatic N) is 3.